The third-order valence-corrected chi connectivity index (χ3v) is 5.23. The molecule has 0 spiro atoms. The van der Waals surface area contributed by atoms with Crippen molar-refractivity contribution in [3.63, 3.8) is 0 Å². The molecule has 0 saturated carbocycles. The van der Waals surface area contributed by atoms with Gasteiger partial charge in [-0.3, -0.25) is 15.0 Å². The Balaban J connectivity index is 1.69. The van der Waals surface area contributed by atoms with Crippen LogP contribution in [0.3, 0.4) is 0 Å². The summed E-state index contributed by atoms with van der Waals surface area (Å²) in [6.07, 6.45) is 7.20. The number of urea groups is 1. The van der Waals surface area contributed by atoms with Gasteiger partial charge in [0.15, 0.2) is 0 Å². The Bertz CT molecular complexity index is 990. The van der Waals surface area contributed by atoms with Gasteiger partial charge in [-0.05, 0) is 60.2 Å². The van der Waals surface area contributed by atoms with E-state index in [0.29, 0.717) is 12.4 Å². The Morgan fingerprint density at radius 1 is 1.00 bits per heavy atom. The predicted octanol–water partition coefficient (Wildman–Crippen LogP) is 3.61. The van der Waals surface area contributed by atoms with E-state index < -0.39 is 6.03 Å². The summed E-state index contributed by atoms with van der Waals surface area (Å²) in [5.74, 6) is 0.663. The molecule has 4 N–H and O–H groups in total. The largest absolute Gasteiger partial charge is 0.351 e. The first-order valence-electron chi connectivity index (χ1n) is 8.64. The van der Waals surface area contributed by atoms with Gasteiger partial charge in [0.25, 0.3) is 0 Å². The van der Waals surface area contributed by atoms with Gasteiger partial charge >= 0.3 is 6.03 Å². The minimum Gasteiger partial charge on any atom is -0.351 e. The molecule has 6 nitrogen and oxygen atoms in total. The molecule has 0 unspecified atom stereocenters. The predicted molar refractivity (Wildman–Crippen MR) is 108 cm³/mol. The van der Waals surface area contributed by atoms with Gasteiger partial charge in [-0.25, -0.2) is 9.78 Å². The number of aryl methyl sites for hydroxylation is 1. The average Bonchev–Trinajstić information content (AvgIpc) is 2.73. The minimum atomic E-state index is -0.459. The molecule has 0 fully saturated rings. The summed E-state index contributed by atoms with van der Waals surface area (Å²) in [4.78, 5) is 23.1. The molecule has 1 aromatic carbocycles. The second-order valence-electron chi connectivity index (χ2n) is 6.40. The topological polar surface area (TPSA) is 98.1 Å². The molecular formula is C20H19N5OS. The Morgan fingerprint density at radius 3 is 2.41 bits per heavy atom. The van der Waals surface area contributed by atoms with E-state index in [2.05, 4.69) is 22.1 Å². The summed E-state index contributed by atoms with van der Waals surface area (Å²) in [5.41, 5.74) is 10.6. The second-order valence-corrected chi connectivity index (χ2v) is 7.11. The van der Waals surface area contributed by atoms with Crippen molar-refractivity contribution in [1.82, 2.24) is 9.97 Å². The highest BCUT2D eigenvalue weighted by Crippen LogP contribution is 2.31. The highest BCUT2D eigenvalue weighted by atomic mass is 32.2. The molecule has 3 aromatic rings. The number of pyridine rings is 2. The van der Waals surface area contributed by atoms with Crippen molar-refractivity contribution in [3.05, 3.63) is 60.6 Å². The highest BCUT2D eigenvalue weighted by molar-refractivity contribution is 7.97. The summed E-state index contributed by atoms with van der Waals surface area (Å²) in [6, 6.07) is 11.8. The van der Waals surface area contributed by atoms with Gasteiger partial charge in [0, 0.05) is 46.7 Å². The van der Waals surface area contributed by atoms with Crippen LogP contribution < -0.4 is 15.8 Å². The number of carbonyl (C=O) groups excluding carboxylic acids is 1. The van der Waals surface area contributed by atoms with Crippen molar-refractivity contribution < 1.29 is 4.79 Å². The fraction of sp³-hybridized carbons (Fsp3) is 0.150. The van der Waals surface area contributed by atoms with E-state index >= 15 is 0 Å². The fourth-order valence-corrected chi connectivity index (χ4v) is 3.61. The SMILES string of the molecule is NSc1ccc(-c2cncc(-c3cnc4c(c3)CCCN4C(N)=O)c2)cc1. The molecule has 7 heteroatoms. The van der Waals surface area contributed by atoms with Crippen molar-refractivity contribution in [2.75, 3.05) is 11.4 Å². The van der Waals surface area contributed by atoms with Gasteiger partial charge in [-0.2, -0.15) is 0 Å². The van der Waals surface area contributed by atoms with Crippen LogP contribution in [0.1, 0.15) is 12.0 Å². The first-order chi connectivity index (χ1) is 13.2. The number of hydrogen-bond donors (Lipinski definition) is 2. The zero-order valence-electron chi connectivity index (χ0n) is 14.6. The summed E-state index contributed by atoms with van der Waals surface area (Å²) in [7, 11) is 0. The number of carbonyl (C=O) groups is 1. The lowest BCUT2D eigenvalue weighted by atomic mass is 9.99. The van der Waals surface area contributed by atoms with Gasteiger partial charge in [-0.1, -0.05) is 12.1 Å². The number of fused-ring (bicyclic) bond motifs is 1. The summed E-state index contributed by atoms with van der Waals surface area (Å²) in [6.45, 7) is 0.614. The zero-order valence-corrected chi connectivity index (χ0v) is 15.4. The molecule has 136 valence electrons. The molecule has 0 saturated heterocycles. The number of benzene rings is 1. The molecule has 2 aromatic heterocycles. The Kier molecular flexibility index (Phi) is 4.79. The number of nitrogens with two attached hydrogens (primary N) is 2. The van der Waals surface area contributed by atoms with Gasteiger partial charge in [0.1, 0.15) is 5.82 Å². The fourth-order valence-electron chi connectivity index (χ4n) is 3.32. The van der Waals surface area contributed by atoms with E-state index in [0.717, 1.165) is 45.6 Å². The van der Waals surface area contributed by atoms with Gasteiger partial charge < -0.3 is 5.73 Å². The molecular weight excluding hydrogens is 358 g/mol. The van der Waals surface area contributed by atoms with Crippen molar-refractivity contribution in [3.8, 4) is 22.3 Å². The van der Waals surface area contributed by atoms with Crippen LogP contribution in [-0.2, 0) is 6.42 Å². The standard InChI is InChI=1S/C20H19N5OS/c21-20(26)25-7-1-2-14-8-17(12-24-19(14)25)16-9-15(10-23-11-16)13-3-5-18(27-22)6-4-13/h3-6,8-12H,1-2,7,22H2,(H2,21,26). The molecule has 2 amide bonds. The number of anilines is 1. The number of hydrogen-bond acceptors (Lipinski definition) is 5. The molecule has 27 heavy (non-hydrogen) atoms. The normalized spacial score (nSPS) is 13.3. The maximum absolute atomic E-state index is 11.6. The van der Waals surface area contributed by atoms with Gasteiger partial charge in [0.2, 0.25) is 0 Å². The van der Waals surface area contributed by atoms with Gasteiger partial charge in [-0.15, -0.1) is 0 Å². The van der Waals surface area contributed by atoms with E-state index in [-0.39, 0.29) is 0 Å². The third-order valence-electron chi connectivity index (χ3n) is 4.69. The van der Waals surface area contributed by atoms with Crippen LogP contribution in [-0.4, -0.2) is 22.5 Å². The smallest absolute Gasteiger partial charge is 0.320 e. The first-order valence-corrected chi connectivity index (χ1v) is 9.52. The molecule has 4 rings (SSSR count). The average molecular weight is 377 g/mol. The minimum absolute atomic E-state index is 0.459. The van der Waals surface area contributed by atoms with Crippen LogP contribution in [0.4, 0.5) is 10.6 Å². The van der Waals surface area contributed by atoms with Crippen LogP contribution in [0, 0.1) is 0 Å². The highest BCUT2D eigenvalue weighted by Gasteiger charge is 2.22. The molecule has 1 aliphatic rings. The van der Waals surface area contributed by atoms with Crippen LogP contribution >= 0.6 is 11.9 Å². The van der Waals surface area contributed by atoms with Crippen LogP contribution in [0.5, 0.6) is 0 Å². The van der Waals surface area contributed by atoms with Crippen LogP contribution in [0.2, 0.25) is 0 Å². The van der Waals surface area contributed by atoms with E-state index in [9.17, 15) is 4.79 Å². The van der Waals surface area contributed by atoms with E-state index in [1.807, 2.05) is 36.7 Å². The maximum Gasteiger partial charge on any atom is 0.320 e. The number of amides is 2. The Morgan fingerprint density at radius 2 is 1.70 bits per heavy atom. The lowest BCUT2D eigenvalue weighted by Crippen LogP contribution is -2.40. The van der Waals surface area contributed by atoms with Crippen molar-refractivity contribution in [2.24, 2.45) is 10.9 Å². The third kappa shape index (κ3) is 3.51. The molecule has 1 aliphatic heterocycles. The van der Waals surface area contributed by atoms with Crippen molar-refractivity contribution in [1.29, 1.82) is 0 Å². The number of nitrogens with zero attached hydrogens (tertiary/aromatic N) is 3. The number of aromatic nitrogens is 2. The lowest BCUT2D eigenvalue weighted by Gasteiger charge is -2.26. The van der Waals surface area contributed by atoms with Crippen LogP contribution in [0.15, 0.2) is 59.9 Å². The summed E-state index contributed by atoms with van der Waals surface area (Å²) in [5, 5.41) is 5.59. The zero-order chi connectivity index (χ0) is 18.8. The quantitative estimate of drug-likeness (QED) is 0.680. The van der Waals surface area contributed by atoms with Crippen molar-refractivity contribution in [2.45, 2.75) is 17.7 Å². The lowest BCUT2D eigenvalue weighted by molar-refractivity contribution is 0.253. The second kappa shape index (κ2) is 7.38. The molecule has 3 heterocycles. The number of primary amides is 1. The first kappa shape index (κ1) is 17.5. The summed E-state index contributed by atoms with van der Waals surface area (Å²) >= 11 is 1.23. The van der Waals surface area contributed by atoms with Crippen molar-refractivity contribution >= 4 is 23.8 Å². The molecule has 0 radical (unpaired) electrons. The van der Waals surface area contributed by atoms with Crippen LogP contribution in [0.25, 0.3) is 22.3 Å². The summed E-state index contributed by atoms with van der Waals surface area (Å²) < 4.78 is 0. The van der Waals surface area contributed by atoms with E-state index in [1.165, 1.54) is 16.8 Å². The monoisotopic (exact) mass is 377 g/mol. The Hall–Kier alpha value is -2.90. The number of rotatable bonds is 3. The van der Waals surface area contributed by atoms with E-state index in [4.69, 9.17) is 10.9 Å². The molecule has 0 bridgehead atoms. The maximum atomic E-state index is 11.6. The molecule has 0 atom stereocenters. The Labute approximate surface area is 161 Å². The van der Waals surface area contributed by atoms with Gasteiger partial charge in [0.05, 0.1) is 0 Å². The molecule has 0 aliphatic carbocycles. The van der Waals surface area contributed by atoms with E-state index in [1.54, 1.807) is 6.20 Å².